The van der Waals surface area contributed by atoms with Crippen molar-refractivity contribution in [3.8, 4) is 0 Å². The number of aryl methyl sites for hydroxylation is 2. The third kappa shape index (κ3) is 4.39. The van der Waals surface area contributed by atoms with Crippen LogP contribution in [0.5, 0.6) is 0 Å². The van der Waals surface area contributed by atoms with Gasteiger partial charge in [-0.25, -0.2) is 9.97 Å². The van der Waals surface area contributed by atoms with Gasteiger partial charge in [-0.2, -0.15) is 4.98 Å². The van der Waals surface area contributed by atoms with Crippen LogP contribution in [0.15, 0.2) is 24.5 Å². The summed E-state index contributed by atoms with van der Waals surface area (Å²) in [6.45, 7) is 10.7. The van der Waals surface area contributed by atoms with Crippen LogP contribution in [-0.2, 0) is 6.42 Å². The predicted molar refractivity (Wildman–Crippen MR) is 95.2 cm³/mol. The molecular weight excluding hydrogens is 288 g/mol. The maximum atomic E-state index is 4.54. The van der Waals surface area contributed by atoms with E-state index in [0.717, 1.165) is 25.2 Å². The molecule has 2 aromatic rings. The highest BCUT2D eigenvalue weighted by molar-refractivity contribution is 5.63. The Kier molecular flexibility index (Phi) is 6.29. The Morgan fingerprint density at radius 3 is 2.61 bits per heavy atom. The molecule has 1 aromatic heterocycles. The predicted octanol–water partition coefficient (Wildman–Crippen LogP) is 2.88. The molecule has 1 aromatic carbocycles. The number of nitrogens with one attached hydrogen (secondary N) is 2. The molecule has 6 heteroatoms. The summed E-state index contributed by atoms with van der Waals surface area (Å²) in [5.41, 5.74) is 3.62. The van der Waals surface area contributed by atoms with E-state index in [1.54, 1.807) is 6.33 Å². The van der Waals surface area contributed by atoms with Crippen molar-refractivity contribution >= 4 is 17.6 Å². The van der Waals surface area contributed by atoms with Crippen molar-refractivity contribution in [3.63, 3.8) is 0 Å². The highest BCUT2D eigenvalue weighted by Crippen LogP contribution is 2.27. The molecule has 6 nitrogen and oxygen atoms in total. The standard InChI is InChI=1S/C17H26N6/c1-5-14-9-8-13(4)15(10-14)23(12-18-6-2)17-21-11-20-16(22-17)19-7-3/h8-11,18H,5-7,12H2,1-4H3,(H,19,20,21,22). The average molecular weight is 314 g/mol. The second kappa shape index (κ2) is 8.43. The summed E-state index contributed by atoms with van der Waals surface area (Å²) in [4.78, 5) is 15.2. The van der Waals surface area contributed by atoms with Gasteiger partial charge in [-0.1, -0.05) is 26.0 Å². The largest absolute Gasteiger partial charge is 0.354 e. The van der Waals surface area contributed by atoms with Gasteiger partial charge in [0, 0.05) is 12.2 Å². The number of anilines is 3. The Labute approximate surface area is 138 Å². The van der Waals surface area contributed by atoms with Crippen LogP contribution in [0.3, 0.4) is 0 Å². The normalized spacial score (nSPS) is 10.6. The first-order chi connectivity index (χ1) is 11.2. The second-order valence-electron chi connectivity index (χ2n) is 5.30. The van der Waals surface area contributed by atoms with Gasteiger partial charge in [0.1, 0.15) is 6.33 Å². The summed E-state index contributed by atoms with van der Waals surface area (Å²) in [6.07, 6.45) is 2.56. The highest BCUT2D eigenvalue weighted by Gasteiger charge is 2.15. The number of rotatable bonds is 8. The van der Waals surface area contributed by atoms with Crippen molar-refractivity contribution in [2.45, 2.75) is 34.1 Å². The quantitative estimate of drug-likeness (QED) is 0.730. The van der Waals surface area contributed by atoms with E-state index in [2.05, 4.69) is 69.5 Å². The zero-order valence-electron chi connectivity index (χ0n) is 14.4. The van der Waals surface area contributed by atoms with Gasteiger partial charge < -0.3 is 5.32 Å². The first-order valence-corrected chi connectivity index (χ1v) is 8.20. The van der Waals surface area contributed by atoms with E-state index in [4.69, 9.17) is 0 Å². The Balaban J connectivity index is 2.42. The summed E-state index contributed by atoms with van der Waals surface area (Å²) in [6, 6.07) is 6.53. The van der Waals surface area contributed by atoms with E-state index >= 15 is 0 Å². The molecule has 0 saturated carbocycles. The van der Waals surface area contributed by atoms with Crippen LogP contribution < -0.4 is 15.5 Å². The molecule has 0 spiro atoms. The van der Waals surface area contributed by atoms with Gasteiger partial charge in [0.05, 0.1) is 6.67 Å². The maximum Gasteiger partial charge on any atom is 0.235 e. The van der Waals surface area contributed by atoms with Crippen LogP contribution in [0.1, 0.15) is 31.9 Å². The van der Waals surface area contributed by atoms with Crippen molar-refractivity contribution in [1.82, 2.24) is 20.3 Å². The zero-order valence-corrected chi connectivity index (χ0v) is 14.4. The Bertz CT molecular complexity index is 628. The lowest BCUT2D eigenvalue weighted by Crippen LogP contribution is -2.32. The number of hydrogen-bond acceptors (Lipinski definition) is 6. The van der Waals surface area contributed by atoms with Crippen LogP contribution in [0.4, 0.5) is 17.6 Å². The lowest BCUT2D eigenvalue weighted by atomic mass is 10.1. The topological polar surface area (TPSA) is 66.0 Å². The third-order valence-electron chi connectivity index (χ3n) is 3.63. The summed E-state index contributed by atoms with van der Waals surface area (Å²) in [5.74, 6) is 1.25. The van der Waals surface area contributed by atoms with Crippen molar-refractivity contribution < 1.29 is 0 Å². The molecule has 0 amide bonds. The first-order valence-electron chi connectivity index (χ1n) is 8.20. The lowest BCUT2D eigenvalue weighted by molar-refractivity contribution is 0.710. The molecule has 2 rings (SSSR count). The maximum absolute atomic E-state index is 4.54. The van der Waals surface area contributed by atoms with E-state index in [9.17, 15) is 0 Å². The van der Waals surface area contributed by atoms with Crippen molar-refractivity contribution in [3.05, 3.63) is 35.7 Å². The summed E-state index contributed by atoms with van der Waals surface area (Å²) < 4.78 is 0. The SMILES string of the molecule is CCNCN(c1ncnc(NCC)n1)c1cc(CC)ccc1C. The van der Waals surface area contributed by atoms with Gasteiger partial charge in [-0.15, -0.1) is 0 Å². The van der Waals surface area contributed by atoms with Gasteiger partial charge in [0.25, 0.3) is 0 Å². The minimum Gasteiger partial charge on any atom is -0.354 e. The van der Waals surface area contributed by atoms with Crippen molar-refractivity contribution in [2.24, 2.45) is 0 Å². The summed E-state index contributed by atoms with van der Waals surface area (Å²) in [5, 5.41) is 6.50. The van der Waals surface area contributed by atoms with Crippen LogP contribution in [0, 0.1) is 6.92 Å². The molecule has 2 N–H and O–H groups in total. The third-order valence-corrected chi connectivity index (χ3v) is 3.63. The molecule has 0 unspecified atom stereocenters. The van der Waals surface area contributed by atoms with E-state index in [1.165, 1.54) is 11.1 Å². The molecule has 124 valence electrons. The average Bonchev–Trinajstić information content (AvgIpc) is 2.57. The number of benzene rings is 1. The fourth-order valence-corrected chi connectivity index (χ4v) is 2.31. The van der Waals surface area contributed by atoms with Crippen molar-refractivity contribution in [2.75, 3.05) is 30.0 Å². The summed E-state index contributed by atoms with van der Waals surface area (Å²) >= 11 is 0. The van der Waals surface area contributed by atoms with Crippen LogP contribution in [0.25, 0.3) is 0 Å². The molecule has 0 bridgehead atoms. The minimum atomic E-state index is 0.600. The minimum absolute atomic E-state index is 0.600. The molecule has 0 radical (unpaired) electrons. The molecule has 0 saturated heterocycles. The summed E-state index contributed by atoms with van der Waals surface area (Å²) in [7, 11) is 0. The fraction of sp³-hybridized carbons (Fsp3) is 0.471. The highest BCUT2D eigenvalue weighted by atomic mass is 15.3. The molecule has 0 fully saturated rings. The molecule has 0 aliphatic rings. The van der Waals surface area contributed by atoms with Gasteiger partial charge in [0.15, 0.2) is 0 Å². The molecule has 0 aliphatic carbocycles. The van der Waals surface area contributed by atoms with Crippen LogP contribution in [-0.4, -0.2) is 34.7 Å². The Morgan fingerprint density at radius 1 is 1.09 bits per heavy atom. The molecule has 0 atom stereocenters. The smallest absolute Gasteiger partial charge is 0.235 e. The number of aromatic nitrogens is 3. The molecule has 0 aliphatic heterocycles. The van der Waals surface area contributed by atoms with Crippen LogP contribution in [0.2, 0.25) is 0 Å². The van der Waals surface area contributed by atoms with E-state index in [-0.39, 0.29) is 0 Å². The number of hydrogen-bond donors (Lipinski definition) is 2. The van der Waals surface area contributed by atoms with Gasteiger partial charge in [-0.05, 0) is 44.0 Å². The van der Waals surface area contributed by atoms with Gasteiger partial charge in [0.2, 0.25) is 11.9 Å². The van der Waals surface area contributed by atoms with Gasteiger partial charge in [-0.3, -0.25) is 10.2 Å². The monoisotopic (exact) mass is 314 g/mol. The Hall–Kier alpha value is -2.21. The van der Waals surface area contributed by atoms with E-state index in [1.807, 2.05) is 6.92 Å². The molecular formula is C17H26N6. The van der Waals surface area contributed by atoms with E-state index < -0.39 is 0 Å². The molecule has 23 heavy (non-hydrogen) atoms. The van der Waals surface area contributed by atoms with E-state index in [0.29, 0.717) is 18.6 Å². The second-order valence-corrected chi connectivity index (χ2v) is 5.30. The Morgan fingerprint density at radius 2 is 1.91 bits per heavy atom. The zero-order chi connectivity index (χ0) is 16.7. The molecule has 1 heterocycles. The van der Waals surface area contributed by atoms with Crippen LogP contribution >= 0.6 is 0 Å². The fourth-order valence-electron chi connectivity index (χ4n) is 2.31. The lowest BCUT2D eigenvalue weighted by Gasteiger charge is -2.25. The van der Waals surface area contributed by atoms with Crippen molar-refractivity contribution in [1.29, 1.82) is 0 Å². The first kappa shape index (κ1) is 17.1. The number of nitrogens with zero attached hydrogens (tertiary/aromatic N) is 4. The van der Waals surface area contributed by atoms with Gasteiger partial charge >= 0.3 is 0 Å².